The highest BCUT2D eigenvalue weighted by Gasteiger charge is 2.38. The zero-order chi connectivity index (χ0) is 11.0. The number of nitrogens with two attached hydrogens (primary N) is 1. The van der Waals surface area contributed by atoms with Gasteiger partial charge >= 0.3 is 0 Å². The first-order valence-corrected chi connectivity index (χ1v) is 5.56. The summed E-state index contributed by atoms with van der Waals surface area (Å²) in [5.41, 5.74) is 5.56. The second-order valence-corrected chi connectivity index (χ2v) is 6.07. The van der Waals surface area contributed by atoms with Gasteiger partial charge in [-0.15, -0.1) is 0 Å². The minimum absolute atomic E-state index is 0.121. The van der Waals surface area contributed by atoms with E-state index in [2.05, 4.69) is 20.8 Å². The van der Waals surface area contributed by atoms with Gasteiger partial charge in [-0.05, 0) is 37.0 Å². The molecule has 0 aromatic carbocycles. The van der Waals surface area contributed by atoms with Crippen LogP contribution < -0.4 is 5.73 Å². The molecule has 1 fully saturated rings. The first-order chi connectivity index (χ1) is 6.26. The molecule has 1 amide bonds. The molecule has 0 spiro atoms. The summed E-state index contributed by atoms with van der Waals surface area (Å²) in [5, 5.41) is 0. The maximum absolute atomic E-state index is 11.3. The van der Waals surface area contributed by atoms with Crippen LogP contribution in [0.25, 0.3) is 0 Å². The Morgan fingerprint density at radius 2 is 1.71 bits per heavy atom. The van der Waals surface area contributed by atoms with Crippen molar-refractivity contribution < 1.29 is 4.79 Å². The summed E-state index contributed by atoms with van der Waals surface area (Å²) < 4.78 is 0. The number of carbonyl (C=O) groups is 1. The minimum Gasteiger partial charge on any atom is -0.369 e. The van der Waals surface area contributed by atoms with Crippen LogP contribution in [-0.2, 0) is 4.79 Å². The third kappa shape index (κ3) is 2.28. The smallest absolute Gasteiger partial charge is 0.223 e. The molecule has 82 valence electrons. The molecule has 0 heterocycles. The number of hydrogen-bond acceptors (Lipinski definition) is 1. The van der Waals surface area contributed by atoms with E-state index in [4.69, 9.17) is 5.73 Å². The number of amides is 1. The molecule has 0 aromatic heterocycles. The highest BCUT2D eigenvalue weighted by molar-refractivity contribution is 5.80. The number of carbonyl (C=O) groups excluding carboxylic acids is 1. The largest absolute Gasteiger partial charge is 0.369 e. The summed E-state index contributed by atoms with van der Waals surface area (Å²) in [5.74, 6) is 0.625. The molecule has 2 nitrogen and oxygen atoms in total. The third-order valence-corrected chi connectivity index (χ3v) is 3.91. The predicted molar refractivity (Wildman–Crippen MR) is 58.7 cm³/mol. The highest BCUT2D eigenvalue weighted by atomic mass is 16.1. The summed E-state index contributed by atoms with van der Waals surface area (Å²) in [6, 6.07) is 0. The zero-order valence-electron chi connectivity index (χ0n) is 9.89. The third-order valence-electron chi connectivity index (χ3n) is 3.91. The maximum atomic E-state index is 11.3. The molecule has 1 aliphatic carbocycles. The van der Waals surface area contributed by atoms with E-state index in [0.717, 1.165) is 31.6 Å². The van der Waals surface area contributed by atoms with Gasteiger partial charge in [0.25, 0.3) is 0 Å². The Bertz CT molecular complexity index is 219. The summed E-state index contributed by atoms with van der Waals surface area (Å²) in [7, 11) is 0. The average Bonchev–Trinajstić information content (AvgIpc) is 2.03. The molecule has 0 atom stereocenters. The van der Waals surface area contributed by atoms with Gasteiger partial charge in [0.15, 0.2) is 0 Å². The van der Waals surface area contributed by atoms with Crippen molar-refractivity contribution >= 4 is 5.91 Å². The number of hydrogen-bond donors (Lipinski definition) is 1. The van der Waals surface area contributed by atoms with Gasteiger partial charge in [0.2, 0.25) is 5.91 Å². The van der Waals surface area contributed by atoms with Gasteiger partial charge in [-0.3, -0.25) is 4.79 Å². The molecule has 1 aliphatic rings. The molecule has 0 saturated heterocycles. The van der Waals surface area contributed by atoms with Gasteiger partial charge in [-0.25, -0.2) is 0 Å². The lowest BCUT2D eigenvalue weighted by Gasteiger charge is -2.40. The SMILES string of the molecule is CC1(C(N)=O)CCC(C(C)(C)C)CC1. The fourth-order valence-electron chi connectivity index (χ4n) is 2.37. The van der Waals surface area contributed by atoms with Gasteiger partial charge < -0.3 is 5.73 Å². The molecule has 0 bridgehead atoms. The standard InChI is InChI=1S/C12H23NO/c1-11(2,3)9-5-7-12(4,8-6-9)10(13)14/h9H,5-8H2,1-4H3,(H2,13,14). The van der Waals surface area contributed by atoms with E-state index in [0.29, 0.717) is 5.41 Å². The monoisotopic (exact) mass is 197 g/mol. The Kier molecular flexibility index (Phi) is 2.93. The lowest BCUT2D eigenvalue weighted by molar-refractivity contribution is -0.129. The van der Waals surface area contributed by atoms with Crippen LogP contribution >= 0.6 is 0 Å². The fourth-order valence-corrected chi connectivity index (χ4v) is 2.37. The molecule has 2 N–H and O–H groups in total. The molecule has 14 heavy (non-hydrogen) atoms. The normalized spacial score (nSPS) is 34.1. The molecule has 2 heteroatoms. The van der Waals surface area contributed by atoms with E-state index in [1.165, 1.54) is 0 Å². The van der Waals surface area contributed by atoms with Crippen molar-refractivity contribution in [3.63, 3.8) is 0 Å². The molecule has 0 aliphatic heterocycles. The van der Waals surface area contributed by atoms with Gasteiger partial charge in [0, 0.05) is 5.41 Å². The fraction of sp³-hybridized carbons (Fsp3) is 0.917. The summed E-state index contributed by atoms with van der Waals surface area (Å²) >= 11 is 0. The second kappa shape index (κ2) is 3.56. The number of primary amides is 1. The minimum atomic E-state index is -0.234. The van der Waals surface area contributed by atoms with E-state index < -0.39 is 0 Å². The Morgan fingerprint density at radius 3 is 2.00 bits per heavy atom. The molecule has 0 radical (unpaired) electrons. The Morgan fingerprint density at radius 1 is 1.29 bits per heavy atom. The zero-order valence-corrected chi connectivity index (χ0v) is 9.89. The van der Waals surface area contributed by atoms with Crippen LogP contribution in [0.5, 0.6) is 0 Å². The van der Waals surface area contributed by atoms with Crippen molar-refractivity contribution in [2.75, 3.05) is 0 Å². The van der Waals surface area contributed by atoms with Crippen molar-refractivity contribution in [3.8, 4) is 0 Å². The molecule has 0 unspecified atom stereocenters. The Labute approximate surface area is 87.2 Å². The van der Waals surface area contributed by atoms with Gasteiger partial charge in [-0.2, -0.15) is 0 Å². The highest BCUT2D eigenvalue weighted by Crippen LogP contribution is 2.44. The molecular formula is C12H23NO. The van der Waals surface area contributed by atoms with Gasteiger partial charge in [0.05, 0.1) is 0 Å². The van der Waals surface area contributed by atoms with Crippen molar-refractivity contribution in [3.05, 3.63) is 0 Å². The van der Waals surface area contributed by atoms with Crippen molar-refractivity contribution in [2.45, 2.75) is 53.4 Å². The van der Waals surface area contributed by atoms with Crippen LogP contribution in [0.1, 0.15) is 53.4 Å². The number of rotatable bonds is 1. The van der Waals surface area contributed by atoms with Crippen LogP contribution in [0.4, 0.5) is 0 Å². The van der Waals surface area contributed by atoms with Crippen LogP contribution in [0.2, 0.25) is 0 Å². The van der Waals surface area contributed by atoms with Gasteiger partial charge in [0.1, 0.15) is 0 Å². The van der Waals surface area contributed by atoms with Crippen LogP contribution in [0.3, 0.4) is 0 Å². The molecule has 0 aromatic rings. The van der Waals surface area contributed by atoms with Crippen LogP contribution in [-0.4, -0.2) is 5.91 Å². The second-order valence-electron chi connectivity index (χ2n) is 6.07. The maximum Gasteiger partial charge on any atom is 0.223 e. The average molecular weight is 197 g/mol. The van der Waals surface area contributed by atoms with Gasteiger partial charge in [-0.1, -0.05) is 27.7 Å². The van der Waals surface area contributed by atoms with E-state index >= 15 is 0 Å². The van der Waals surface area contributed by atoms with Crippen LogP contribution in [0.15, 0.2) is 0 Å². The summed E-state index contributed by atoms with van der Waals surface area (Å²) in [6.45, 7) is 8.86. The first-order valence-electron chi connectivity index (χ1n) is 5.56. The topological polar surface area (TPSA) is 43.1 Å². The summed E-state index contributed by atoms with van der Waals surface area (Å²) in [4.78, 5) is 11.3. The van der Waals surface area contributed by atoms with Crippen molar-refractivity contribution in [1.82, 2.24) is 0 Å². The van der Waals surface area contributed by atoms with E-state index in [-0.39, 0.29) is 11.3 Å². The van der Waals surface area contributed by atoms with Crippen molar-refractivity contribution in [2.24, 2.45) is 22.5 Å². The first kappa shape index (κ1) is 11.5. The lowest BCUT2D eigenvalue weighted by atomic mass is 9.64. The summed E-state index contributed by atoms with van der Waals surface area (Å²) in [6.07, 6.45) is 4.21. The van der Waals surface area contributed by atoms with Crippen LogP contribution in [0, 0.1) is 16.7 Å². The molecule has 1 saturated carbocycles. The quantitative estimate of drug-likeness (QED) is 0.690. The molecular weight excluding hydrogens is 174 g/mol. The lowest BCUT2D eigenvalue weighted by Crippen LogP contribution is -2.39. The Hall–Kier alpha value is -0.530. The van der Waals surface area contributed by atoms with E-state index in [9.17, 15) is 4.79 Å². The van der Waals surface area contributed by atoms with Crippen molar-refractivity contribution in [1.29, 1.82) is 0 Å². The molecule has 1 rings (SSSR count). The Balaban J connectivity index is 2.59. The van der Waals surface area contributed by atoms with E-state index in [1.807, 2.05) is 6.92 Å². The predicted octanol–water partition coefficient (Wildman–Crippen LogP) is 2.71. The van der Waals surface area contributed by atoms with E-state index in [1.54, 1.807) is 0 Å².